The van der Waals surface area contributed by atoms with E-state index in [0.29, 0.717) is 0 Å². The van der Waals surface area contributed by atoms with Gasteiger partial charge in [0.1, 0.15) is 18.4 Å². The van der Waals surface area contributed by atoms with Gasteiger partial charge in [-0.2, -0.15) is 14.0 Å². The minimum atomic E-state index is -2.34. The smallest absolute Gasteiger partial charge is 0.291 e. The quantitative estimate of drug-likeness (QED) is 0.192. The van der Waals surface area contributed by atoms with Gasteiger partial charge in [0, 0.05) is 12.1 Å². The van der Waals surface area contributed by atoms with Gasteiger partial charge < -0.3 is 14.5 Å². The Kier molecular flexibility index (Phi) is 6.06. The first kappa shape index (κ1) is 22.2. The largest absolute Gasteiger partial charge is 0.479 e. The molecule has 0 atom stereocenters. The van der Waals surface area contributed by atoms with Gasteiger partial charge in [0.15, 0.2) is 11.5 Å². The van der Waals surface area contributed by atoms with E-state index in [0.717, 1.165) is 30.3 Å². The van der Waals surface area contributed by atoms with Gasteiger partial charge in [-0.15, -0.1) is 0 Å². The van der Waals surface area contributed by atoms with Gasteiger partial charge in [-0.25, -0.2) is 13.2 Å². The Balaban J connectivity index is 1.74. The maximum Gasteiger partial charge on any atom is 0.291 e. The summed E-state index contributed by atoms with van der Waals surface area (Å²) in [6.45, 7) is -0.785. The number of amides is 1. The van der Waals surface area contributed by atoms with Gasteiger partial charge in [0.2, 0.25) is 29.1 Å². The molecule has 164 valence electrons. The number of furan rings is 1. The number of halogens is 5. The highest BCUT2D eigenvalue weighted by atomic mass is 19.2. The first-order valence-electron chi connectivity index (χ1n) is 8.36. The van der Waals surface area contributed by atoms with Crippen molar-refractivity contribution in [1.82, 2.24) is 0 Å². The topological polar surface area (TPSA) is 118 Å². The SMILES string of the molecule is N#Cc1cc([N+](=O)[O-])ccc1NC(=O)c1ccc(COc2c(F)c(F)c(F)c(F)c2F)o1. The monoisotopic (exact) mass is 453 g/mol. The van der Waals surface area contributed by atoms with Gasteiger partial charge in [-0.1, -0.05) is 0 Å². The average molecular weight is 453 g/mol. The van der Waals surface area contributed by atoms with Crippen LogP contribution in [0.5, 0.6) is 5.75 Å². The van der Waals surface area contributed by atoms with Crippen LogP contribution in [0.25, 0.3) is 0 Å². The first-order chi connectivity index (χ1) is 15.1. The zero-order valence-corrected chi connectivity index (χ0v) is 15.4. The predicted octanol–water partition coefficient (Wildman–Crippen LogP) is 4.59. The lowest BCUT2D eigenvalue weighted by Gasteiger charge is -2.09. The number of non-ortho nitro benzene ring substituents is 1. The summed E-state index contributed by atoms with van der Waals surface area (Å²) in [5.41, 5.74) is -0.627. The van der Waals surface area contributed by atoms with Crippen LogP contribution in [-0.4, -0.2) is 10.8 Å². The molecule has 0 spiro atoms. The number of nitro benzene ring substituents is 1. The Hall–Kier alpha value is -4.47. The summed E-state index contributed by atoms with van der Waals surface area (Å²) in [6.07, 6.45) is 0. The van der Waals surface area contributed by atoms with Crippen molar-refractivity contribution in [3.8, 4) is 11.8 Å². The van der Waals surface area contributed by atoms with Crippen molar-refractivity contribution in [2.45, 2.75) is 6.61 Å². The number of rotatable bonds is 6. The van der Waals surface area contributed by atoms with Gasteiger partial charge in [0.05, 0.1) is 16.2 Å². The van der Waals surface area contributed by atoms with Crippen LogP contribution in [0.3, 0.4) is 0 Å². The summed E-state index contributed by atoms with van der Waals surface area (Å²) in [5, 5.41) is 22.1. The van der Waals surface area contributed by atoms with E-state index in [1.807, 2.05) is 0 Å². The minimum Gasteiger partial charge on any atom is -0.479 e. The molecule has 3 aromatic rings. The van der Waals surface area contributed by atoms with Gasteiger partial charge in [0.25, 0.3) is 11.6 Å². The average Bonchev–Trinajstić information content (AvgIpc) is 3.25. The lowest BCUT2D eigenvalue weighted by molar-refractivity contribution is -0.384. The Morgan fingerprint density at radius 1 is 1.06 bits per heavy atom. The lowest BCUT2D eigenvalue weighted by Crippen LogP contribution is -2.12. The number of nitrogens with zero attached hydrogens (tertiary/aromatic N) is 2. The zero-order chi connectivity index (χ0) is 23.6. The molecule has 0 radical (unpaired) electrons. The van der Waals surface area contributed by atoms with Gasteiger partial charge >= 0.3 is 0 Å². The number of carbonyl (C=O) groups excluding carboxylic acids is 1. The van der Waals surface area contributed by atoms with Crippen LogP contribution in [0.1, 0.15) is 21.9 Å². The van der Waals surface area contributed by atoms with Crippen LogP contribution in [0, 0.1) is 50.5 Å². The molecule has 1 amide bonds. The van der Waals surface area contributed by atoms with Crippen LogP contribution in [0.15, 0.2) is 34.7 Å². The number of benzene rings is 2. The van der Waals surface area contributed by atoms with Crippen LogP contribution in [-0.2, 0) is 6.61 Å². The summed E-state index contributed by atoms with van der Waals surface area (Å²) >= 11 is 0. The molecule has 8 nitrogen and oxygen atoms in total. The Labute approximate surface area is 174 Å². The van der Waals surface area contributed by atoms with Crippen LogP contribution < -0.4 is 10.1 Å². The maximum atomic E-state index is 13.6. The molecule has 0 saturated carbocycles. The number of ether oxygens (including phenoxy) is 1. The lowest BCUT2D eigenvalue weighted by atomic mass is 10.1. The van der Waals surface area contributed by atoms with E-state index >= 15 is 0 Å². The van der Waals surface area contributed by atoms with Crippen LogP contribution >= 0.6 is 0 Å². The summed E-state index contributed by atoms with van der Waals surface area (Å²) in [7, 11) is 0. The molecule has 0 aliphatic carbocycles. The number of carbonyl (C=O) groups is 1. The molecular weight excluding hydrogens is 445 g/mol. The second-order valence-electron chi connectivity index (χ2n) is 6.01. The number of hydrogen-bond donors (Lipinski definition) is 1. The molecule has 32 heavy (non-hydrogen) atoms. The van der Waals surface area contributed by atoms with E-state index in [2.05, 4.69) is 10.1 Å². The second-order valence-corrected chi connectivity index (χ2v) is 6.01. The fourth-order valence-corrected chi connectivity index (χ4v) is 2.46. The Bertz CT molecular complexity index is 1260. The summed E-state index contributed by atoms with van der Waals surface area (Å²) in [6, 6.07) is 7.07. The van der Waals surface area contributed by atoms with Crippen molar-refractivity contribution < 1.29 is 40.8 Å². The standard InChI is InChI=1S/C19H8F5N3O5/c20-13-14(21)16(23)18(17(24)15(13)22)31-7-10-2-4-12(32-10)19(28)26-11-3-1-9(27(29)30)5-8(11)6-25/h1-5H,7H2,(H,26,28). The third-order valence-electron chi connectivity index (χ3n) is 4.00. The molecule has 1 heterocycles. The van der Waals surface area contributed by atoms with Crippen molar-refractivity contribution in [3.63, 3.8) is 0 Å². The van der Waals surface area contributed by atoms with Gasteiger partial charge in [-0.3, -0.25) is 14.9 Å². The molecule has 1 N–H and O–H groups in total. The second kappa shape index (κ2) is 8.72. The molecule has 13 heteroatoms. The normalized spacial score (nSPS) is 10.5. The van der Waals surface area contributed by atoms with E-state index < -0.39 is 52.3 Å². The molecule has 0 aliphatic heterocycles. The summed E-state index contributed by atoms with van der Waals surface area (Å²) in [5.74, 6) is -14.0. The maximum absolute atomic E-state index is 13.6. The molecule has 0 bridgehead atoms. The third-order valence-corrected chi connectivity index (χ3v) is 4.00. The predicted molar refractivity (Wildman–Crippen MR) is 95.0 cm³/mol. The number of nitro groups is 1. The zero-order valence-electron chi connectivity index (χ0n) is 15.4. The Morgan fingerprint density at radius 3 is 2.28 bits per heavy atom. The van der Waals surface area contributed by atoms with Crippen molar-refractivity contribution in [2.75, 3.05) is 5.32 Å². The molecule has 1 aromatic heterocycles. The number of anilines is 1. The summed E-state index contributed by atoms with van der Waals surface area (Å²) in [4.78, 5) is 22.3. The van der Waals surface area contributed by atoms with Crippen LogP contribution in [0.4, 0.5) is 33.3 Å². The molecule has 0 aliphatic rings. The molecular formula is C19H8F5N3O5. The number of nitriles is 1. The molecule has 0 fully saturated rings. The first-order valence-corrected chi connectivity index (χ1v) is 8.36. The third kappa shape index (κ3) is 4.19. The minimum absolute atomic E-state index is 0.0568. The fourth-order valence-electron chi connectivity index (χ4n) is 2.46. The van der Waals surface area contributed by atoms with Crippen LogP contribution in [0.2, 0.25) is 0 Å². The Morgan fingerprint density at radius 2 is 1.69 bits per heavy atom. The van der Waals surface area contributed by atoms with Crippen molar-refractivity contribution in [3.05, 3.63) is 86.6 Å². The molecule has 2 aromatic carbocycles. The fraction of sp³-hybridized carbons (Fsp3) is 0.0526. The highest BCUT2D eigenvalue weighted by Crippen LogP contribution is 2.30. The van der Waals surface area contributed by atoms with Crippen molar-refractivity contribution in [2.24, 2.45) is 0 Å². The molecule has 3 rings (SSSR count). The summed E-state index contributed by atoms with van der Waals surface area (Å²) < 4.78 is 76.4. The molecule has 0 saturated heterocycles. The van der Waals surface area contributed by atoms with E-state index in [4.69, 9.17) is 9.68 Å². The van der Waals surface area contributed by atoms with E-state index in [-0.39, 0.29) is 28.5 Å². The molecule has 0 unspecified atom stereocenters. The van der Waals surface area contributed by atoms with Gasteiger partial charge in [-0.05, 0) is 18.2 Å². The van der Waals surface area contributed by atoms with Crippen molar-refractivity contribution in [1.29, 1.82) is 5.26 Å². The van der Waals surface area contributed by atoms with E-state index in [9.17, 15) is 36.9 Å². The van der Waals surface area contributed by atoms with E-state index in [1.165, 1.54) is 0 Å². The number of nitrogens with one attached hydrogen (secondary N) is 1. The van der Waals surface area contributed by atoms with Crippen molar-refractivity contribution >= 4 is 17.3 Å². The highest BCUT2D eigenvalue weighted by molar-refractivity contribution is 6.03. The van der Waals surface area contributed by atoms with E-state index in [1.54, 1.807) is 6.07 Å². The highest BCUT2D eigenvalue weighted by Gasteiger charge is 2.27. The number of hydrogen-bond acceptors (Lipinski definition) is 6.